The molecule has 0 N–H and O–H groups in total. The number of allylic oxidation sites excluding steroid dienone is 2. The minimum absolute atomic E-state index is 0.217. The number of halogens is 1. The van der Waals surface area contributed by atoms with Crippen LogP contribution in [0.4, 0.5) is 0 Å². The van der Waals surface area contributed by atoms with Crippen molar-refractivity contribution in [2.24, 2.45) is 17.8 Å². The zero-order valence-corrected chi connectivity index (χ0v) is 12.7. The first kappa shape index (κ1) is 13.3. The van der Waals surface area contributed by atoms with Gasteiger partial charge >= 0.3 is 0 Å². The molecule has 1 aromatic rings. The molecule has 2 aliphatic rings. The molecule has 1 aromatic carbocycles. The fourth-order valence-electron chi connectivity index (χ4n) is 2.93. The van der Waals surface area contributed by atoms with Crippen LogP contribution in [0.25, 0.3) is 0 Å². The summed E-state index contributed by atoms with van der Waals surface area (Å²) in [6, 6.07) is 6.52. The summed E-state index contributed by atoms with van der Waals surface area (Å²) in [4.78, 5) is 0.217. The molecule has 0 saturated heterocycles. The van der Waals surface area contributed by atoms with E-state index >= 15 is 0 Å². The van der Waals surface area contributed by atoms with Crippen LogP contribution in [-0.2, 0) is 14.3 Å². The highest BCUT2D eigenvalue weighted by Gasteiger charge is 2.36. The molecule has 0 spiro atoms. The number of hydrogen-bond acceptors (Lipinski definition) is 3. The van der Waals surface area contributed by atoms with Crippen LogP contribution in [-0.4, -0.2) is 15.0 Å². The lowest BCUT2D eigenvalue weighted by Crippen LogP contribution is -2.18. The van der Waals surface area contributed by atoms with Gasteiger partial charge in [-0.15, -0.1) is 0 Å². The van der Waals surface area contributed by atoms with E-state index < -0.39 is 10.1 Å². The Labute approximate surface area is 121 Å². The van der Waals surface area contributed by atoms with E-state index in [1.54, 1.807) is 24.3 Å². The lowest BCUT2D eigenvalue weighted by Gasteiger charge is -2.17. The van der Waals surface area contributed by atoms with Crippen molar-refractivity contribution in [3.8, 4) is 0 Å². The highest BCUT2D eigenvalue weighted by atomic mass is 79.9. The van der Waals surface area contributed by atoms with Crippen LogP contribution in [0.3, 0.4) is 0 Å². The fraction of sp³-hybridized carbons (Fsp3) is 0.429. The first-order valence-electron chi connectivity index (χ1n) is 6.38. The standard InChI is InChI=1S/C14H15BrO3S/c15-13-3-5-14(6-4-13)19(16,17)18-9-12-8-10-1-2-11(12)7-10/h1-6,10-12H,7-9H2/t10-,11+,12+/m1/s1. The van der Waals surface area contributed by atoms with E-state index in [-0.39, 0.29) is 4.90 Å². The normalized spacial score (nSPS) is 29.0. The molecule has 102 valence electrons. The average Bonchev–Trinajstić information content (AvgIpc) is 2.99. The molecule has 0 aliphatic heterocycles. The molecule has 0 amide bonds. The molecule has 0 aromatic heterocycles. The molecule has 3 atom stereocenters. The van der Waals surface area contributed by atoms with Crippen molar-refractivity contribution in [3.05, 3.63) is 40.9 Å². The zero-order chi connectivity index (χ0) is 13.5. The number of fused-ring (bicyclic) bond motifs is 2. The molecule has 1 saturated carbocycles. The van der Waals surface area contributed by atoms with E-state index in [1.165, 1.54) is 0 Å². The van der Waals surface area contributed by atoms with Gasteiger partial charge < -0.3 is 0 Å². The van der Waals surface area contributed by atoms with Crippen LogP contribution in [0, 0.1) is 17.8 Å². The fourth-order valence-corrected chi connectivity index (χ4v) is 4.16. The first-order valence-corrected chi connectivity index (χ1v) is 8.58. The largest absolute Gasteiger partial charge is 0.296 e. The summed E-state index contributed by atoms with van der Waals surface area (Å²) >= 11 is 3.28. The predicted octanol–water partition coefficient (Wildman–Crippen LogP) is 3.37. The third-order valence-electron chi connectivity index (χ3n) is 3.96. The first-order chi connectivity index (χ1) is 9.04. The minimum atomic E-state index is -3.63. The van der Waals surface area contributed by atoms with Crippen molar-refractivity contribution in [2.45, 2.75) is 17.7 Å². The Hall–Kier alpha value is -0.650. The molecule has 3 rings (SSSR count). The van der Waals surface area contributed by atoms with Crippen molar-refractivity contribution in [1.82, 2.24) is 0 Å². The molecule has 0 radical (unpaired) electrons. The molecule has 19 heavy (non-hydrogen) atoms. The van der Waals surface area contributed by atoms with E-state index in [1.807, 2.05) is 0 Å². The summed E-state index contributed by atoms with van der Waals surface area (Å²) in [5.41, 5.74) is 0. The summed E-state index contributed by atoms with van der Waals surface area (Å²) < 4.78 is 30.2. The molecular formula is C14H15BrO3S. The molecule has 2 bridgehead atoms. The zero-order valence-electron chi connectivity index (χ0n) is 10.3. The third-order valence-corrected chi connectivity index (χ3v) is 5.78. The molecule has 0 heterocycles. The molecular weight excluding hydrogens is 328 g/mol. The quantitative estimate of drug-likeness (QED) is 0.622. The molecule has 5 heteroatoms. The van der Waals surface area contributed by atoms with E-state index in [2.05, 4.69) is 28.1 Å². The Morgan fingerprint density at radius 2 is 1.89 bits per heavy atom. The third kappa shape index (κ3) is 2.78. The van der Waals surface area contributed by atoms with Crippen LogP contribution in [0.5, 0.6) is 0 Å². The highest BCUT2D eigenvalue weighted by Crippen LogP contribution is 2.43. The van der Waals surface area contributed by atoms with Gasteiger partial charge in [0.25, 0.3) is 10.1 Å². The average molecular weight is 343 g/mol. The van der Waals surface area contributed by atoms with E-state index in [0.29, 0.717) is 24.4 Å². The summed E-state index contributed by atoms with van der Waals surface area (Å²) in [6.45, 7) is 0.296. The molecule has 0 unspecified atom stereocenters. The van der Waals surface area contributed by atoms with Crippen molar-refractivity contribution < 1.29 is 12.6 Å². The minimum Gasteiger partial charge on any atom is -0.266 e. The van der Waals surface area contributed by atoms with Gasteiger partial charge in [0.05, 0.1) is 11.5 Å². The number of benzene rings is 1. The van der Waals surface area contributed by atoms with E-state index in [9.17, 15) is 8.42 Å². The summed E-state index contributed by atoms with van der Waals surface area (Å²) in [5.74, 6) is 1.49. The predicted molar refractivity (Wildman–Crippen MR) is 76.1 cm³/mol. The van der Waals surface area contributed by atoms with Crippen molar-refractivity contribution >= 4 is 26.0 Å². The Balaban J connectivity index is 1.66. The second kappa shape index (κ2) is 5.04. The maximum atomic E-state index is 12.1. The number of rotatable bonds is 4. The van der Waals surface area contributed by atoms with Crippen molar-refractivity contribution in [2.75, 3.05) is 6.61 Å². The van der Waals surface area contributed by atoms with Crippen LogP contribution in [0.2, 0.25) is 0 Å². The molecule has 3 nitrogen and oxygen atoms in total. The van der Waals surface area contributed by atoms with Crippen molar-refractivity contribution in [3.63, 3.8) is 0 Å². The Kier molecular flexibility index (Phi) is 3.53. The molecule has 2 aliphatic carbocycles. The van der Waals surface area contributed by atoms with Crippen LogP contribution in [0.1, 0.15) is 12.8 Å². The van der Waals surface area contributed by atoms with Gasteiger partial charge in [0.15, 0.2) is 0 Å². The van der Waals surface area contributed by atoms with Gasteiger partial charge in [0.2, 0.25) is 0 Å². The Morgan fingerprint density at radius 1 is 1.16 bits per heavy atom. The summed E-state index contributed by atoms with van der Waals surface area (Å²) in [6.07, 6.45) is 6.65. The Bertz CT molecular complexity index is 592. The van der Waals surface area contributed by atoms with Crippen LogP contribution in [0.15, 0.2) is 45.8 Å². The maximum absolute atomic E-state index is 12.1. The van der Waals surface area contributed by atoms with Gasteiger partial charge in [-0.25, -0.2) is 0 Å². The SMILES string of the molecule is O=S(=O)(OC[C@@H]1C[C@@H]2C=C[C@H]1C2)c1ccc(Br)cc1. The van der Waals surface area contributed by atoms with E-state index in [0.717, 1.165) is 17.3 Å². The lowest BCUT2D eigenvalue weighted by atomic mass is 9.95. The smallest absolute Gasteiger partial charge is 0.266 e. The maximum Gasteiger partial charge on any atom is 0.296 e. The summed E-state index contributed by atoms with van der Waals surface area (Å²) in [5, 5.41) is 0. The van der Waals surface area contributed by atoms with Gasteiger partial charge in [0.1, 0.15) is 0 Å². The van der Waals surface area contributed by atoms with Crippen LogP contribution < -0.4 is 0 Å². The molecule has 1 fully saturated rings. The van der Waals surface area contributed by atoms with Gasteiger partial charge in [-0.3, -0.25) is 4.18 Å². The second-order valence-corrected chi connectivity index (χ2v) is 7.76. The topological polar surface area (TPSA) is 43.4 Å². The number of hydrogen-bond donors (Lipinski definition) is 0. The van der Waals surface area contributed by atoms with Gasteiger partial charge in [-0.2, -0.15) is 8.42 Å². The van der Waals surface area contributed by atoms with E-state index in [4.69, 9.17) is 4.18 Å². The highest BCUT2D eigenvalue weighted by molar-refractivity contribution is 9.10. The van der Waals surface area contributed by atoms with Crippen molar-refractivity contribution in [1.29, 1.82) is 0 Å². The monoisotopic (exact) mass is 342 g/mol. The van der Waals surface area contributed by atoms with Gasteiger partial charge in [-0.05, 0) is 54.9 Å². The van der Waals surface area contributed by atoms with Crippen LogP contribution >= 0.6 is 15.9 Å². The second-order valence-electron chi connectivity index (χ2n) is 5.23. The Morgan fingerprint density at radius 3 is 2.47 bits per heavy atom. The summed E-state index contributed by atoms with van der Waals surface area (Å²) in [7, 11) is -3.63. The van der Waals surface area contributed by atoms with Gasteiger partial charge in [0, 0.05) is 4.47 Å². The van der Waals surface area contributed by atoms with Gasteiger partial charge in [-0.1, -0.05) is 28.1 Å². The lowest BCUT2D eigenvalue weighted by molar-refractivity contribution is 0.233.